The summed E-state index contributed by atoms with van der Waals surface area (Å²) in [4.78, 5) is 2.48. The van der Waals surface area contributed by atoms with Crippen LogP contribution >= 0.6 is 0 Å². The van der Waals surface area contributed by atoms with Crippen LogP contribution in [0.1, 0.15) is 50.5 Å². The molecule has 0 amide bonds. The lowest BCUT2D eigenvalue weighted by molar-refractivity contribution is 0.215. The molecule has 1 aliphatic carbocycles. The fraction of sp³-hybridized carbons (Fsp3) is 0.478. The molecule has 0 heterocycles. The molecule has 0 saturated heterocycles. The first-order valence-electron chi connectivity index (χ1n) is 9.71. The molecule has 2 rings (SSSR count). The lowest BCUT2D eigenvalue weighted by Crippen LogP contribution is -2.25. The highest BCUT2D eigenvalue weighted by molar-refractivity contribution is 5.47. The molecule has 0 unspecified atom stereocenters. The van der Waals surface area contributed by atoms with Crippen LogP contribution in [0.3, 0.4) is 0 Å². The molecule has 0 aromatic heterocycles. The largest absolute Gasteiger partial charge is 0.494 e. The summed E-state index contributed by atoms with van der Waals surface area (Å²) < 4.78 is 5.80. The zero-order chi connectivity index (χ0) is 17.7. The average molecular weight is 340 g/mol. The van der Waals surface area contributed by atoms with Crippen LogP contribution in [0.4, 0.5) is 5.69 Å². The Labute approximate surface area is 153 Å². The molecule has 1 aromatic carbocycles. The van der Waals surface area contributed by atoms with Gasteiger partial charge in [-0.15, -0.1) is 6.58 Å². The van der Waals surface area contributed by atoms with Crippen LogP contribution in [-0.2, 0) is 4.74 Å². The van der Waals surface area contributed by atoms with Crippen LogP contribution in [0.25, 0.3) is 0 Å². The molecular weight excluding hydrogens is 306 g/mol. The molecule has 0 radical (unpaired) electrons. The van der Waals surface area contributed by atoms with Gasteiger partial charge in [0.05, 0.1) is 6.61 Å². The summed E-state index contributed by atoms with van der Waals surface area (Å²) in [7, 11) is 0. The van der Waals surface area contributed by atoms with Crippen molar-refractivity contribution in [1.29, 1.82) is 0 Å². The van der Waals surface area contributed by atoms with E-state index in [1.54, 1.807) is 0 Å². The first-order chi connectivity index (χ1) is 12.3. The van der Waals surface area contributed by atoms with E-state index >= 15 is 0 Å². The fourth-order valence-corrected chi connectivity index (χ4v) is 3.02. The summed E-state index contributed by atoms with van der Waals surface area (Å²) in [6.07, 6.45) is 16.7. The van der Waals surface area contributed by atoms with Crippen molar-refractivity contribution in [2.75, 3.05) is 24.6 Å². The monoisotopic (exact) mass is 339 g/mol. The van der Waals surface area contributed by atoms with Crippen LogP contribution in [0.15, 0.2) is 60.9 Å². The summed E-state index contributed by atoms with van der Waals surface area (Å²) >= 11 is 0. The first kappa shape index (κ1) is 19.4. The number of unbranched alkanes of at least 4 members (excludes halogenated alkanes) is 3. The van der Waals surface area contributed by atoms with Crippen molar-refractivity contribution in [3.8, 4) is 0 Å². The zero-order valence-corrected chi connectivity index (χ0v) is 15.8. The van der Waals surface area contributed by atoms with Gasteiger partial charge in [-0.3, -0.25) is 0 Å². The average Bonchev–Trinajstić information content (AvgIpc) is 2.65. The molecule has 0 bridgehead atoms. The molecule has 136 valence electrons. The van der Waals surface area contributed by atoms with E-state index in [9.17, 15) is 0 Å². The number of ether oxygens (including phenoxy) is 1. The van der Waals surface area contributed by atoms with Crippen molar-refractivity contribution in [1.82, 2.24) is 0 Å². The van der Waals surface area contributed by atoms with Crippen molar-refractivity contribution < 1.29 is 4.74 Å². The van der Waals surface area contributed by atoms with E-state index in [0.29, 0.717) is 0 Å². The quantitative estimate of drug-likeness (QED) is 0.332. The summed E-state index contributed by atoms with van der Waals surface area (Å²) in [6, 6.07) is 8.86. The maximum absolute atomic E-state index is 5.80. The molecule has 1 aliphatic rings. The smallest absolute Gasteiger partial charge is 0.114 e. The van der Waals surface area contributed by atoms with Gasteiger partial charge in [0.15, 0.2) is 0 Å². The van der Waals surface area contributed by atoms with Crippen LogP contribution in [-0.4, -0.2) is 19.7 Å². The van der Waals surface area contributed by atoms with E-state index in [2.05, 4.69) is 60.9 Å². The summed E-state index contributed by atoms with van der Waals surface area (Å²) in [5.74, 6) is 1.06. The molecule has 0 atom stereocenters. The lowest BCUT2D eigenvalue weighted by Gasteiger charge is -2.24. The zero-order valence-electron chi connectivity index (χ0n) is 15.8. The molecular formula is C23H33NO. The first-order valence-corrected chi connectivity index (χ1v) is 9.71. The van der Waals surface area contributed by atoms with Gasteiger partial charge in [-0.25, -0.2) is 0 Å². The van der Waals surface area contributed by atoms with Crippen molar-refractivity contribution in [2.45, 2.75) is 51.9 Å². The van der Waals surface area contributed by atoms with Crippen LogP contribution in [0.5, 0.6) is 0 Å². The van der Waals surface area contributed by atoms with E-state index < -0.39 is 0 Å². The standard InChI is InChI=1S/C23H33NO/c1-3-4-18-24(22-16-14-21(2)15-17-22)19-10-5-6-11-20-25-23-12-8-7-9-13-23/h3,8,12-17H,1,4-7,9-11,18-20H2,2H3. The Balaban J connectivity index is 1.63. The van der Waals surface area contributed by atoms with E-state index in [1.807, 2.05) is 6.08 Å². The number of allylic oxidation sites excluding steroid dienone is 3. The topological polar surface area (TPSA) is 12.5 Å². The third-order valence-corrected chi connectivity index (χ3v) is 4.55. The minimum absolute atomic E-state index is 0.842. The second kappa shape index (κ2) is 11.6. The fourth-order valence-electron chi connectivity index (χ4n) is 3.02. The summed E-state index contributed by atoms with van der Waals surface area (Å²) in [5.41, 5.74) is 2.64. The molecule has 0 N–H and O–H groups in total. The number of hydrogen-bond acceptors (Lipinski definition) is 2. The SMILES string of the molecule is C=CCCN(CCCCCCOC1=CCCC=C1)c1ccc(C)cc1. The maximum atomic E-state index is 5.80. The van der Waals surface area contributed by atoms with Crippen molar-refractivity contribution in [2.24, 2.45) is 0 Å². The van der Waals surface area contributed by atoms with Gasteiger partial charge in [-0.2, -0.15) is 0 Å². The van der Waals surface area contributed by atoms with Gasteiger partial charge in [0.25, 0.3) is 0 Å². The predicted octanol–water partition coefficient (Wildman–Crippen LogP) is 6.19. The van der Waals surface area contributed by atoms with Gasteiger partial charge in [-0.1, -0.05) is 42.7 Å². The Bertz CT molecular complexity index is 556. The molecule has 0 aliphatic heterocycles. The second-order valence-electron chi connectivity index (χ2n) is 6.75. The van der Waals surface area contributed by atoms with Crippen LogP contribution < -0.4 is 4.90 Å². The van der Waals surface area contributed by atoms with E-state index in [0.717, 1.165) is 51.1 Å². The Hall–Kier alpha value is -1.96. The predicted molar refractivity (Wildman–Crippen MR) is 109 cm³/mol. The molecule has 1 aromatic rings. The summed E-state index contributed by atoms with van der Waals surface area (Å²) in [5, 5.41) is 0. The highest BCUT2D eigenvalue weighted by Crippen LogP contribution is 2.17. The summed E-state index contributed by atoms with van der Waals surface area (Å²) in [6.45, 7) is 9.01. The normalized spacial score (nSPS) is 13.4. The third kappa shape index (κ3) is 7.64. The second-order valence-corrected chi connectivity index (χ2v) is 6.75. The number of hydrogen-bond donors (Lipinski definition) is 0. The Kier molecular flexibility index (Phi) is 8.96. The minimum atomic E-state index is 0.842. The van der Waals surface area contributed by atoms with Gasteiger partial charge < -0.3 is 9.64 Å². The van der Waals surface area contributed by atoms with Crippen LogP contribution in [0, 0.1) is 6.92 Å². The highest BCUT2D eigenvalue weighted by atomic mass is 16.5. The highest BCUT2D eigenvalue weighted by Gasteiger charge is 2.05. The molecule has 0 fully saturated rings. The van der Waals surface area contributed by atoms with E-state index in [-0.39, 0.29) is 0 Å². The van der Waals surface area contributed by atoms with Crippen molar-refractivity contribution >= 4 is 5.69 Å². The van der Waals surface area contributed by atoms with E-state index in [1.165, 1.54) is 30.5 Å². The Morgan fingerprint density at radius 1 is 1.04 bits per heavy atom. The van der Waals surface area contributed by atoms with Gasteiger partial charge in [0.2, 0.25) is 0 Å². The van der Waals surface area contributed by atoms with E-state index in [4.69, 9.17) is 4.74 Å². The van der Waals surface area contributed by atoms with Gasteiger partial charge in [0.1, 0.15) is 5.76 Å². The van der Waals surface area contributed by atoms with Gasteiger partial charge in [0, 0.05) is 18.8 Å². The van der Waals surface area contributed by atoms with Gasteiger partial charge in [-0.05, 0) is 63.3 Å². The number of nitrogens with zero attached hydrogens (tertiary/aromatic N) is 1. The molecule has 2 nitrogen and oxygen atoms in total. The molecule has 2 heteroatoms. The maximum Gasteiger partial charge on any atom is 0.114 e. The Morgan fingerprint density at radius 2 is 1.84 bits per heavy atom. The number of anilines is 1. The Morgan fingerprint density at radius 3 is 2.56 bits per heavy atom. The van der Waals surface area contributed by atoms with Gasteiger partial charge >= 0.3 is 0 Å². The molecule has 0 spiro atoms. The third-order valence-electron chi connectivity index (χ3n) is 4.55. The number of rotatable bonds is 12. The molecule has 0 saturated carbocycles. The van der Waals surface area contributed by atoms with Crippen molar-refractivity contribution in [3.63, 3.8) is 0 Å². The van der Waals surface area contributed by atoms with Crippen LogP contribution in [0.2, 0.25) is 0 Å². The lowest BCUT2D eigenvalue weighted by atomic mass is 10.1. The minimum Gasteiger partial charge on any atom is -0.494 e. The molecule has 25 heavy (non-hydrogen) atoms. The number of aryl methyl sites for hydroxylation is 1. The van der Waals surface area contributed by atoms with Crippen molar-refractivity contribution in [3.05, 3.63) is 66.5 Å². The number of benzene rings is 1.